The third kappa shape index (κ3) is 1.98. The molecule has 4 rings (SSSR count). The van der Waals surface area contributed by atoms with E-state index in [1.54, 1.807) is 6.08 Å². The Kier molecular flexibility index (Phi) is 3.59. The van der Waals surface area contributed by atoms with Crippen molar-refractivity contribution in [3.63, 3.8) is 0 Å². The third-order valence-corrected chi connectivity index (χ3v) is 8.44. The van der Waals surface area contributed by atoms with Crippen LogP contribution in [0, 0.1) is 40.9 Å². The molecule has 4 nitrogen and oxygen atoms in total. The predicted molar refractivity (Wildman–Crippen MR) is 93.3 cm³/mol. The van der Waals surface area contributed by atoms with Crippen molar-refractivity contribution >= 4 is 5.78 Å². The minimum absolute atomic E-state index is 0.0420. The van der Waals surface area contributed by atoms with E-state index in [-0.39, 0.29) is 29.0 Å². The van der Waals surface area contributed by atoms with E-state index in [9.17, 15) is 20.1 Å². The average Bonchev–Trinajstić information content (AvgIpc) is 2.86. The molecule has 0 aromatic carbocycles. The molecule has 0 saturated heterocycles. The molecule has 0 radical (unpaired) electrons. The van der Waals surface area contributed by atoms with E-state index in [2.05, 4.69) is 19.8 Å². The average molecular weight is 344 g/mol. The van der Waals surface area contributed by atoms with Gasteiger partial charge in [-0.25, -0.2) is 0 Å². The number of aliphatic hydroxyl groups excluding tert-OH is 2. The van der Waals surface area contributed by atoms with Crippen LogP contribution >= 0.6 is 0 Å². The fraction of sp³-hybridized carbons (Fsp3) is 0.762. The van der Waals surface area contributed by atoms with Gasteiger partial charge in [0.2, 0.25) is 0 Å². The van der Waals surface area contributed by atoms with Gasteiger partial charge >= 0.3 is 0 Å². The molecule has 4 aliphatic rings. The van der Waals surface area contributed by atoms with Crippen molar-refractivity contribution in [2.24, 2.45) is 28.6 Å². The van der Waals surface area contributed by atoms with E-state index in [1.165, 1.54) is 0 Å². The number of hydrogen-bond donors (Lipinski definition) is 3. The number of ketones is 1. The van der Waals surface area contributed by atoms with E-state index < -0.39 is 23.2 Å². The van der Waals surface area contributed by atoms with Crippen molar-refractivity contribution in [1.82, 2.24) is 0 Å². The van der Waals surface area contributed by atoms with E-state index in [0.29, 0.717) is 18.4 Å². The summed E-state index contributed by atoms with van der Waals surface area (Å²) >= 11 is 0. The summed E-state index contributed by atoms with van der Waals surface area (Å²) < 4.78 is 0. The minimum Gasteiger partial charge on any atom is -0.390 e. The van der Waals surface area contributed by atoms with Crippen molar-refractivity contribution in [3.8, 4) is 12.3 Å². The molecule has 4 aliphatic carbocycles. The Balaban J connectivity index is 1.79. The van der Waals surface area contributed by atoms with E-state index in [1.807, 2.05) is 0 Å². The van der Waals surface area contributed by atoms with Gasteiger partial charge in [0.15, 0.2) is 5.78 Å². The number of fused-ring (bicyclic) bond motifs is 5. The Hall–Kier alpha value is -1.15. The third-order valence-electron chi connectivity index (χ3n) is 8.44. The van der Waals surface area contributed by atoms with Crippen molar-refractivity contribution in [2.75, 3.05) is 0 Å². The summed E-state index contributed by atoms with van der Waals surface area (Å²) in [5.41, 5.74) is -1.10. The maximum absolute atomic E-state index is 11.9. The van der Waals surface area contributed by atoms with Gasteiger partial charge in [0.05, 0.1) is 6.10 Å². The number of hydrogen-bond acceptors (Lipinski definition) is 4. The minimum atomic E-state index is -1.13. The monoisotopic (exact) mass is 344 g/mol. The van der Waals surface area contributed by atoms with Gasteiger partial charge < -0.3 is 15.3 Å². The molecular weight excluding hydrogens is 316 g/mol. The summed E-state index contributed by atoms with van der Waals surface area (Å²) in [6, 6.07) is 0. The summed E-state index contributed by atoms with van der Waals surface area (Å²) in [5.74, 6) is 2.88. The first-order chi connectivity index (χ1) is 11.7. The zero-order valence-corrected chi connectivity index (χ0v) is 15.0. The topological polar surface area (TPSA) is 77.8 Å². The molecule has 0 unspecified atom stereocenters. The summed E-state index contributed by atoms with van der Waals surface area (Å²) in [6.45, 7) is 4.20. The number of carbonyl (C=O) groups excluding carboxylic acids is 1. The molecule has 3 N–H and O–H groups in total. The van der Waals surface area contributed by atoms with Crippen LogP contribution in [0.25, 0.3) is 0 Å². The second-order valence-corrected chi connectivity index (χ2v) is 9.21. The molecular formula is C21H28O4. The molecule has 136 valence electrons. The molecule has 0 amide bonds. The quantitative estimate of drug-likeness (QED) is 0.586. The van der Waals surface area contributed by atoms with Gasteiger partial charge in [-0.05, 0) is 66.9 Å². The van der Waals surface area contributed by atoms with Gasteiger partial charge in [0, 0.05) is 11.8 Å². The smallest absolute Gasteiger partial charge is 0.155 e. The van der Waals surface area contributed by atoms with Crippen molar-refractivity contribution in [3.05, 3.63) is 11.6 Å². The SMILES string of the molecule is C#C[C@]1(O)CC[C@H]2[C@@H]3[C@@H](O)[C@@H](O)C4=CC(=O)CC[C@]4(C)[C@H]3CC[C@@]21C. The zero-order valence-electron chi connectivity index (χ0n) is 15.0. The summed E-state index contributed by atoms with van der Waals surface area (Å²) in [6.07, 6.45) is 9.58. The second-order valence-electron chi connectivity index (χ2n) is 9.21. The first kappa shape index (κ1) is 17.3. The Labute approximate surface area is 149 Å². The number of terminal acetylenes is 1. The van der Waals surface area contributed by atoms with Crippen LogP contribution in [0.5, 0.6) is 0 Å². The first-order valence-electron chi connectivity index (χ1n) is 9.49. The van der Waals surface area contributed by atoms with Crippen LogP contribution < -0.4 is 0 Å². The maximum Gasteiger partial charge on any atom is 0.155 e. The largest absolute Gasteiger partial charge is 0.390 e. The molecule has 0 spiro atoms. The number of carbonyl (C=O) groups is 1. The molecule has 4 heteroatoms. The summed E-state index contributed by atoms with van der Waals surface area (Å²) in [4.78, 5) is 11.9. The molecule has 3 saturated carbocycles. The standard InChI is InChI=1S/C21H28O4/c1-4-21(25)10-7-14-16-13(6-9-20(14,21)3)19(2)8-5-12(22)11-15(19)17(23)18(16)24/h1,11,13-14,16-18,23-25H,5-10H2,2-3H3/t13-,14-,16+,17-,18+,19+,20-,21-/m0/s1. The van der Waals surface area contributed by atoms with Crippen LogP contribution in [0.3, 0.4) is 0 Å². The fourth-order valence-electron chi connectivity index (χ4n) is 6.82. The highest BCUT2D eigenvalue weighted by Crippen LogP contribution is 2.67. The molecule has 0 aromatic heterocycles. The Morgan fingerprint density at radius 2 is 1.84 bits per heavy atom. The molecule has 0 aromatic rings. The second kappa shape index (κ2) is 5.19. The molecule has 0 aliphatic heterocycles. The molecule has 8 atom stereocenters. The number of rotatable bonds is 0. The van der Waals surface area contributed by atoms with Crippen molar-refractivity contribution in [1.29, 1.82) is 0 Å². The summed E-state index contributed by atoms with van der Waals surface area (Å²) in [7, 11) is 0. The van der Waals surface area contributed by atoms with Gasteiger partial charge in [-0.15, -0.1) is 6.42 Å². The van der Waals surface area contributed by atoms with Crippen LogP contribution in [0.15, 0.2) is 11.6 Å². The van der Waals surface area contributed by atoms with Gasteiger partial charge in [0.25, 0.3) is 0 Å². The van der Waals surface area contributed by atoms with Gasteiger partial charge in [-0.2, -0.15) is 0 Å². The highest BCUT2D eigenvalue weighted by atomic mass is 16.3. The van der Waals surface area contributed by atoms with Crippen LogP contribution in [-0.2, 0) is 4.79 Å². The molecule has 3 fully saturated rings. The zero-order chi connectivity index (χ0) is 18.2. The van der Waals surface area contributed by atoms with E-state index in [4.69, 9.17) is 6.42 Å². The van der Waals surface area contributed by atoms with Crippen molar-refractivity contribution < 1.29 is 20.1 Å². The van der Waals surface area contributed by atoms with E-state index >= 15 is 0 Å². The fourth-order valence-corrected chi connectivity index (χ4v) is 6.82. The van der Waals surface area contributed by atoms with Crippen LogP contribution in [-0.4, -0.2) is 38.9 Å². The van der Waals surface area contributed by atoms with Gasteiger partial charge in [-0.3, -0.25) is 4.79 Å². The lowest BCUT2D eigenvalue weighted by molar-refractivity contribution is -0.164. The van der Waals surface area contributed by atoms with Crippen LogP contribution in [0.4, 0.5) is 0 Å². The Bertz CT molecular complexity index is 690. The number of aliphatic hydroxyl groups is 3. The molecule has 0 bridgehead atoms. The van der Waals surface area contributed by atoms with Crippen molar-refractivity contribution in [2.45, 2.75) is 70.2 Å². The Morgan fingerprint density at radius 3 is 2.52 bits per heavy atom. The Morgan fingerprint density at radius 1 is 1.16 bits per heavy atom. The normalized spacial score (nSPS) is 54.8. The van der Waals surface area contributed by atoms with Gasteiger partial charge in [0.1, 0.15) is 11.7 Å². The first-order valence-corrected chi connectivity index (χ1v) is 9.49. The highest BCUT2D eigenvalue weighted by molar-refractivity contribution is 5.92. The van der Waals surface area contributed by atoms with Crippen LogP contribution in [0.2, 0.25) is 0 Å². The molecule has 25 heavy (non-hydrogen) atoms. The van der Waals surface area contributed by atoms with Gasteiger partial charge in [-0.1, -0.05) is 19.8 Å². The maximum atomic E-state index is 11.9. The van der Waals surface area contributed by atoms with Crippen LogP contribution in [0.1, 0.15) is 52.4 Å². The highest BCUT2D eigenvalue weighted by Gasteiger charge is 2.66. The summed E-state index contributed by atoms with van der Waals surface area (Å²) in [5, 5.41) is 32.8. The molecule has 0 heterocycles. The lowest BCUT2D eigenvalue weighted by Gasteiger charge is -2.60. The lowest BCUT2D eigenvalue weighted by atomic mass is 9.45. The lowest BCUT2D eigenvalue weighted by Crippen LogP contribution is -2.61. The van der Waals surface area contributed by atoms with E-state index in [0.717, 1.165) is 25.7 Å². The predicted octanol–water partition coefficient (Wildman–Crippen LogP) is 1.82.